The van der Waals surface area contributed by atoms with Gasteiger partial charge in [-0.15, -0.1) is 11.6 Å². The fourth-order valence-corrected chi connectivity index (χ4v) is 3.09. The summed E-state index contributed by atoms with van der Waals surface area (Å²) >= 11 is 9.26. The van der Waals surface area contributed by atoms with E-state index in [9.17, 15) is 4.39 Å². The normalized spacial score (nSPS) is 11.3. The van der Waals surface area contributed by atoms with E-state index in [1.54, 1.807) is 6.07 Å². The average Bonchev–Trinajstić information content (AvgIpc) is 2.75. The first-order valence-electron chi connectivity index (χ1n) is 6.50. The number of rotatable bonds is 2. The van der Waals surface area contributed by atoms with Crippen molar-refractivity contribution in [1.29, 1.82) is 0 Å². The minimum Gasteiger partial charge on any atom is -0.295 e. The maximum Gasteiger partial charge on any atom is 0.139 e. The van der Waals surface area contributed by atoms with Crippen LogP contribution in [0, 0.1) is 19.7 Å². The van der Waals surface area contributed by atoms with Gasteiger partial charge in [-0.25, -0.2) is 9.37 Å². The van der Waals surface area contributed by atoms with Gasteiger partial charge in [0.15, 0.2) is 0 Å². The van der Waals surface area contributed by atoms with Gasteiger partial charge in [0.25, 0.3) is 0 Å². The Kier molecular flexibility index (Phi) is 3.76. The number of aromatic nitrogens is 2. The van der Waals surface area contributed by atoms with Gasteiger partial charge in [0.1, 0.15) is 11.6 Å². The van der Waals surface area contributed by atoms with Crippen LogP contribution in [0.4, 0.5) is 4.39 Å². The number of hydrogen-bond acceptors (Lipinski definition) is 1. The molecule has 108 valence electrons. The molecule has 2 nitrogen and oxygen atoms in total. The molecule has 0 unspecified atom stereocenters. The van der Waals surface area contributed by atoms with Gasteiger partial charge >= 0.3 is 0 Å². The Hall–Kier alpha value is -1.39. The number of nitrogens with zero attached hydrogens (tertiary/aromatic N) is 2. The molecule has 1 heterocycles. The number of benzene rings is 2. The van der Waals surface area contributed by atoms with E-state index in [0.717, 1.165) is 22.3 Å². The predicted molar refractivity (Wildman–Crippen MR) is 87.8 cm³/mol. The van der Waals surface area contributed by atoms with Gasteiger partial charge in [0, 0.05) is 11.8 Å². The highest BCUT2D eigenvalue weighted by Crippen LogP contribution is 2.28. The predicted octanol–water partition coefficient (Wildman–Crippen LogP) is 5.28. The minimum absolute atomic E-state index is 0.265. The molecule has 0 radical (unpaired) electrons. The topological polar surface area (TPSA) is 17.8 Å². The highest BCUT2D eigenvalue weighted by atomic mass is 79.9. The van der Waals surface area contributed by atoms with Crippen LogP contribution in [0.3, 0.4) is 0 Å². The van der Waals surface area contributed by atoms with Crippen molar-refractivity contribution in [1.82, 2.24) is 9.55 Å². The lowest BCUT2D eigenvalue weighted by Crippen LogP contribution is -2.00. The minimum atomic E-state index is -0.325. The number of halogens is 3. The van der Waals surface area contributed by atoms with Crippen LogP contribution in [0.25, 0.3) is 16.7 Å². The molecule has 0 aliphatic heterocycles. The van der Waals surface area contributed by atoms with Gasteiger partial charge in [-0.2, -0.15) is 0 Å². The molecule has 2 aromatic carbocycles. The molecular weight excluding hydrogens is 355 g/mol. The molecule has 0 aliphatic rings. The Morgan fingerprint density at radius 2 is 1.81 bits per heavy atom. The molecule has 1 aromatic heterocycles. The Balaban J connectivity index is 2.36. The third-order valence-electron chi connectivity index (χ3n) is 3.35. The van der Waals surface area contributed by atoms with Gasteiger partial charge < -0.3 is 0 Å². The van der Waals surface area contributed by atoms with Crippen molar-refractivity contribution in [2.45, 2.75) is 19.7 Å². The van der Waals surface area contributed by atoms with Crippen LogP contribution < -0.4 is 0 Å². The van der Waals surface area contributed by atoms with Crippen LogP contribution in [-0.2, 0) is 5.88 Å². The van der Waals surface area contributed by atoms with E-state index in [-0.39, 0.29) is 11.7 Å². The first-order valence-corrected chi connectivity index (χ1v) is 7.83. The molecule has 0 atom stereocenters. The van der Waals surface area contributed by atoms with Gasteiger partial charge in [-0.3, -0.25) is 4.57 Å². The SMILES string of the molecule is Cc1cc(C)cc(-n2c(CCl)nc3cc(F)c(Br)cc32)c1. The summed E-state index contributed by atoms with van der Waals surface area (Å²) in [5.74, 6) is 0.642. The van der Waals surface area contributed by atoms with Crippen LogP contribution in [0.2, 0.25) is 0 Å². The van der Waals surface area contributed by atoms with E-state index < -0.39 is 0 Å². The Labute approximate surface area is 135 Å². The lowest BCUT2D eigenvalue weighted by atomic mass is 10.1. The highest BCUT2D eigenvalue weighted by molar-refractivity contribution is 9.10. The van der Waals surface area contributed by atoms with Crippen molar-refractivity contribution in [3.8, 4) is 5.69 Å². The third kappa shape index (κ3) is 2.58. The summed E-state index contributed by atoms with van der Waals surface area (Å²) in [6, 6.07) is 9.42. The van der Waals surface area contributed by atoms with E-state index in [1.807, 2.05) is 18.4 Å². The van der Waals surface area contributed by atoms with Crippen LogP contribution in [0.5, 0.6) is 0 Å². The Morgan fingerprint density at radius 3 is 2.43 bits per heavy atom. The summed E-state index contributed by atoms with van der Waals surface area (Å²) < 4.78 is 16.1. The van der Waals surface area contributed by atoms with Gasteiger partial charge in [-0.1, -0.05) is 6.07 Å². The maximum absolute atomic E-state index is 13.7. The quantitative estimate of drug-likeness (QED) is 0.563. The number of fused-ring (bicyclic) bond motifs is 1. The summed E-state index contributed by atoms with van der Waals surface area (Å²) in [7, 11) is 0. The van der Waals surface area contributed by atoms with Crippen LogP contribution in [0.1, 0.15) is 17.0 Å². The second-order valence-electron chi connectivity index (χ2n) is 5.10. The molecule has 5 heteroatoms. The van der Waals surface area contributed by atoms with Crippen molar-refractivity contribution in [2.24, 2.45) is 0 Å². The van der Waals surface area contributed by atoms with Gasteiger partial charge in [-0.05, 0) is 59.1 Å². The molecule has 0 aliphatic carbocycles. The summed E-state index contributed by atoms with van der Waals surface area (Å²) in [6.07, 6.45) is 0. The second-order valence-corrected chi connectivity index (χ2v) is 6.22. The molecule has 0 saturated carbocycles. The smallest absolute Gasteiger partial charge is 0.139 e. The van der Waals surface area contributed by atoms with E-state index in [2.05, 4.69) is 39.1 Å². The lowest BCUT2D eigenvalue weighted by molar-refractivity contribution is 0.623. The zero-order chi connectivity index (χ0) is 15.1. The number of aryl methyl sites for hydroxylation is 2. The summed E-state index contributed by atoms with van der Waals surface area (Å²) in [5.41, 5.74) is 4.75. The largest absolute Gasteiger partial charge is 0.295 e. The van der Waals surface area contributed by atoms with Crippen molar-refractivity contribution in [3.05, 3.63) is 57.6 Å². The Morgan fingerprint density at radius 1 is 1.14 bits per heavy atom. The molecule has 3 rings (SSSR count). The van der Waals surface area contributed by atoms with Crippen LogP contribution in [0.15, 0.2) is 34.8 Å². The molecule has 21 heavy (non-hydrogen) atoms. The summed E-state index contributed by atoms with van der Waals surface area (Å²) in [6.45, 7) is 4.09. The number of imidazole rings is 1. The molecular formula is C16H13BrClFN2. The first-order chi connectivity index (χ1) is 9.99. The summed E-state index contributed by atoms with van der Waals surface area (Å²) in [4.78, 5) is 4.44. The molecule has 0 N–H and O–H groups in total. The Bertz CT molecular complexity index is 822. The molecule has 0 saturated heterocycles. The zero-order valence-corrected chi connectivity index (χ0v) is 14.0. The lowest BCUT2D eigenvalue weighted by Gasteiger charge is -2.10. The molecule has 0 amide bonds. The fourth-order valence-electron chi connectivity index (χ4n) is 2.58. The first kappa shape index (κ1) is 14.5. The maximum atomic E-state index is 13.7. The van der Waals surface area contributed by atoms with E-state index in [0.29, 0.717) is 15.8 Å². The second kappa shape index (κ2) is 5.43. The van der Waals surface area contributed by atoms with E-state index in [4.69, 9.17) is 11.6 Å². The van der Waals surface area contributed by atoms with Gasteiger partial charge in [0.05, 0.1) is 21.4 Å². The van der Waals surface area contributed by atoms with Crippen molar-refractivity contribution >= 4 is 38.6 Å². The van der Waals surface area contributed by atoms with Crippen molar-refractivity contribution < 1.29 is 4.39 Å². The summed E-state index contributed by atoms with van der Waals surface area (Å²) in [5, 5.41) is 0. The molecule has 0 spiro atoms. The van der Waals surface area contributed by atoms with E-state index in [1.165, 1.54) is 6.07 Å². The molecule has 3 aromatic rings. The molecule has 0 fully saturated rings. The number of hydrogen-bond donors (Lipinski definition) is 0. The van der Waals surface area contributed by atoms with Crippen molar-refractivity contribution in [3.63, 3.8) is 0 Å². The highest BCUT2D eigenvalue weighted by Gasteiger charge is 2.14. The van der Waals surface area contributed by atoms with Crippen molar-refractivity contribution in [2.75, 3.05) is 0 Å². The zero-order valence-electron chi connectivity index (χ0n) is 11.6. The van der Waals surface area contributed by atoms with E-state index >= 15 is 0 Å². The molecule has 0 bridgehead atoms. The monoisotopic (exact) mass is 366 g/mol. The number of alkyl halides is 1. The third-order valence-corrected chi connectivity index (χ3v) is 4.20. The van der Waals surface area contributed by atoms with Crippen LogP contribution >= 0.6 is 27.5 Å². The van der Waals surface area contributed by atoms with Gasteiger partial charge in [0.2, 0.25) is 0 Å². The fraction of sp³-hybridized carbons (Fsp3) is 0.188. The van der Waals surface area contributed by atoms with Crippen LogP contribution in [-0.4, -0.2) is 9.55 Å². The standard InChI is InChI=1S/C16H13BrClFN2/c1-9-3-10(2)5-11(4-9)21-15-6-12(17)13(19)7-14(15)20-16(21)8-18/h3-7H,8H2,1-2H3. The average molecular weight is 368 g/mol.